The maximum Gasteiger partial charge on any atom is 0.308 e. The van der Waals surface area contributed by atoms with Gasteiger partial charge in [-0.3, -0.25) is 19.1 Å². The number of Topliss-reactive ketones (excluding diaryl/α,β-unsaturated/α-hetero) is 1. The Balaban J connectivity index is 1.69. The Labute approximate surface area is 218 Å². The quantitative estimate of drug-likeness (QED) is 0.353. The lowest BCUT2D eigenvalue weighted by atomic mass is 9.95. The lowest BCUT2D eigenvalue weighted by Crippen LogP contribution is -2.21. The van der Waals surface area contributed by atoms with Gasteiger partial charge in [0.05, 0.1) is 18.2 Å². The number of carbonyl (C=O) groups excluding carboxylic acids is 1. The van der Waals surface area contributed by atoms with Crippen LogP contribution in [0.15, 0.2) is 53.5 Å². The number of aliphatic hydroxyl groups is 1. The molecule has 0 amide bonds. The molecule has 1 aliphatic rings. The summed E-state index contributed by atoms with van der Waals surface area (Å²) in [5, 5.41) is 29.3. The van der Waals surface area contributed by atoms with Crippen molar-refractivity contribution in [3.8, 4) is 16.1 Å². The first-order chi connectivity index (χ1) is 17.7. The molecule has 5 rings (SSSR count). The fourth-order valence-corrected chi connectivity index (χ4v) is 5.86. The smallest absolute Gasteiger partial charge is 0.308 e. The molecule has 4 aromatic rings. The van der Waals surface area contributed by atoms with Gasteiger partial charge >= 0.3 is 5.97 Å². The highest BCUT2D eigenvalue weighted by Gasteiger charge is 2.36. The minimum Gasteiger partial charge on any atom is -0.481 e. The van der Waals surface area contributed by atoms with E-state index in [4.69, 9.17) is 4.99 Å². The maximum absolute atomic E-state index is 12.0. The second-order valence-corrected chi connectivity index (χ2v) is 10.3. The number of nitrogens with zero attached hydrogens (tertiary/aromatic N) is 4. The first kappa shape index (κ1) is 24.7. The van der Waals surface area contributed by atoms with E-state index in [9.17, 15) is 19.8 Å². The number of carboxylic acid groups (broad SMARTS) is 1. The molecule has 0 radical (unpaired) electrons. The van der Waals surface area contributed by atoms with Gasteiger partial charge in [0.15, 0.2) is 11.6 Å². The number of thiophene rings is 1. The van der Waals surface area contributed by atoms with E-state index in [-0.39, 0.29) is 12.4 Å². The summed E-state index contributed by atoms with van der Waals surface area (Å²) in [7, 11) is 0. The van der Waals surface area contributed by atoms with Crippen LogP contribution in [0.2, 0.25) is 0 Å². The summed E-state index contributed by atoms with van der Waals surface area (Å²) in [6.45, 7) is 6.82. The van der Waals surface area contributed by atoms with E-state index in [0.29, 0.717) is 22.9 Å². The number of hydrogen-bond acceptors (Lipinski definition) is 7. The van der Waals surface area contributed by atoms with Gasteiger partial charge in [-0.05, 0) is 50.5 Å². The van der Waals surface area contributed by atoms with Crippen LogP contribution < -0.4 is 0 Å². The fourth-order valence-electron chi connectivity index (χ4n) is 4.64. The zero-order valence-electron chi connectivity index (χ0n) is 20.9. The molecule has 3 heterocycles. The summed E-state index contributed by atoms with van der Waals surface area (Å²) >= 11 is 1.43. The maximum atomic E-state index is 12.0. The van der Waals surface area contributed by atoms with Crippen molar-refractivity contribution in [1.82, 2.24) is 14.8 Å². The third-order valence-electron chi connectivity index (χ3n) is 6.82. The van der Waals surface area contributed by atoms with E-state index >= 15 is 0 Å². The summed E-state index contributed by atoms with van der Waals surface area (Å²) in [5.41, 5.74) is 5.71. The number of aliphatic imine (C=N–C) groups is 1. The van der Waals surface area contributed by atoms with Crippen LogP contribution in [-0.2, 0) is 11.4 Å². The van der Waals surface area contributed by atoms with Crippen molar-refractivity contribution >= 4 is 28.8 Å². The molecule has 1 aliphatic heterocycles. The Morgan fingerprint density at radius 1 is 1.05 bits per heavy atom. The summed E-state index contributed by atoms with van der Waals surface area (Å²) in [6, 6.07) is 14.6. The van der Waals surface area contributed by atoms with Crippen molar-refractivity contribution < 1.29 is 19.8 Å². The number of fused-ring (bicyclic) bond motifs is 3. The number of aryl methyl sites for hydroxylation is 1. The largest absolute Gasteiger partial charge is 0.481 e. The molecule has 2 aromatic heterocycles. The number of aliphatic hydroxyl groups excluding tert-OH is 1. The number of ketones is 1. The predicted molar refractivity (Wildman–Crippen MR) is 142 cm³/mol. The molecule has 0 saturated heterocycles. The minimum absolute atomic E-state index is 0.00678. The van der Waals surface area contributed by atoms with E-state index in [2.05, 4.69) is 10.2 Å². The lowest BCUT2D eigenvalue weighted by Gasteiger charge is -2.16. The lowest BCUT2D eigenvalue weighted by molar-refractivity contribution is -0.141. The standard InChI is InChI=1S/C28H26N4O4S/c1-14-22(13-33)37-27-23(14)25(29-24(15(2)28(35)36)26-31-30-17(4)32(26)27)19-10-8-18(9-11-19)21-7-5-6-20(12-21)16(3)34/h5-12,15,24,33H,13H2,1-4H3,(H,35,36)/t15?,24-/m0/s1. The fraction of sp³-hybridized carbons (Fsp3) is 0.250. The van der Waals surface area contributed by atoms with E-state index in [1.807, 2.05) is 60.9 Å². The Morgan fingerprint density at radius 3 is 2.41 bits per heavy atom. The molecule has 2 aromatic carbocycles. The molecular formula is C28H26N4O4S. The van der Waals surface area contributed by atoms with Crippen LogP contribution in [0.4, 0.5) is 0 Å². The molecule has 1 unspecified atom stereocenters. The van der Waals surface area contributed by atoms with Crippen molar-refractivity contribution in [3.63, 3.8) is 0 Å². The van der Waals surface area contributed by atoms with E-state index in [0.717, 1.165) is 37.7 Å². The highest BCUT2D eigenvalue weighted by Crippen LogP contribution is 2.41. The molecule has 9 heteroatoms. The van der Waals surface area contributed by atoms with Gasteiger partial charge in [0.25, 0.3) is 0 Å². The van der Waals surface area contributed by atoms with Crippen molar-refractivity contribution in [2.24, 2.45) is 10.9 Å². The SMILES string of the molecule is CC(=O)c1cccc(-c2ccc(C3=N[C@@H](C(C)C(=O)O)c4nnc(C)n4-c4sc(CO)c(C)c43)cc2)c1. The molecule has 37 heavy (non-hydrogen) atoms. The van der Waals surface area contributed by atoms with Crippen LogP contribution in [0.3, 0.4) is 0 Å². The molecule has 0 spiro atoms. The van der Waals surface area contributed by atoms with Crippen molar-refractivity contribution in [1.29, 1.82) is 0 Å². The van der Waals surface area contributed by atoms with Crippen LogP contribution in [0.25, 0.3) is 16.1 Å². The van der Waals surface area contributed by atoms with Gasteiger partial charge in [-0.2, -0.15) is 0 Å². The zero-order chi connectivity index (χ0) is 26.4. The van der Waals surface area contributed by atoms with Crippen LogP contribution >= 0.6 is 11.3 Å². The van der Waals surface area contributed by atoms with Gasteiger partial charge < -0.3 is 10.2 Å². The van der Waals surface area contributed by atoms with Gasteiger partial charge in [-0.15, -0.1) is 21.5 Å². The summed E-state index contributed by atoms with van der Waals surface area (Å²) in [5.74, 6) is -0.710. The number of benzene rings is 2. The minimum atomic E-state index is -0.973. The molecule has 0 fully saturated rings. The second-order valence-electron chi connectivity index (χ2n) is 9.19. The molecular weight excluding hydrogens is 488 g/mol. The van der Waals surface area contributed by atoms with Crippen molar-refractivity contribution in [2.75, 3.05) is 0 Å². The van der Waals surface area contributed by atoms with Gasteiger partial charge in [-0.25, -0.2) is 0 Å². The molecule has 0 saturated carbocycles. The van der Waals surface area contributed by atoms with E-state index < -0.39 is 17.9 Å². The third-order valence-corrected chi connectivity index (χ3v) is 8.08. The van der Waals surface area contributed by atoms with Gasteiger partial charge in [0, 0.05) is 21.6 Å². The van der Waals surface area contributed by atoms with Crippen LogP contribution in [0.5, 0.6) is 0 Å². The van der Waals surface area contributed by atoms with E-state index in [1.165, 1.54) is 11.3 Å². The summed E-state index contributed by atoms with van der Waals surface area (Å²) < 4.78 is 1.87. The average molecular weight is 515 g/mol. The summed E-state index contributed by atoms with van der Waals surface area (Å²) in [4.78, 5) is 29.7. The Morgan fingerprint density at radius 2 is 1.76 bits per heavy atom. The number of rotatable bonds is 6. The van der Waals surface area contributed by atoms with Crippen LogP contribution in [0.1, 0.15) is 63.5 Å². The monoisotopic (exact) mass is 514 g/mol. The first-order valence-corrected chi connectivity index (χ1v) is 12.7. The van der Waals surface area contributed by atoms with Crippen LogP contribution in [-0.4, -0.2) is 42.4 Å². The molecule has 188 valence electrons. The number of aromatic nitrogens is 3. The molecule has 8 nitrogen and oxygen atoms in total. The Hall–Kier alpha value is -3.95. The van der Waals surface area contributed by atoms with Crippen molar-refractivity contribution in [2.45, 2.75) is 40.3 Å². The molecule has 0 bridgehead atoms. The predicted octanol–water partition coefficient (Wildman–Crippen LogP) is 4.92. The van der Waals surface area contributed by atoms with Crippen molar-refractivity contribution in [3.05, 3.63) is 87.3 Å². The Bertz CT molecular complexity index is 1570. The van der Waals surface area contributed by atoms with Gasteiger partial charge in [0.2, 0.25) is 0 Å². The zero-order valence-corrected chi connectivity index (χ0v) is 21.7. The highest BCUT2D eigenvalue weighted by atomic mass is 32.1. The third kappa shape index (κ3) is 4.20. The van der Waals surface area contributed by atoms with Gasteiger partial charge in [-0.1, -0.05) is 42.5 Å². The molecule has 0 aliphatic carbocycles. The number of aliphatic carboxylic acids is 1. The van der Waals surface area contributed by atoms with Gasteiger partial charge in [0.1, 0.15) is 16.9 Å². The highest BCUT2D eigenvalue weighted by molar-refractivity contribution is 7.15. The summed E-state index contributed by atoms with van der Waals surface area (Å²) in [6.07, 6.45) is 0. The second kappa shape index (κ2) is 9.49. The topological polar surface area (TPSA) is 118 Å². The Kier molecular flexibility index (Phi) is 6.35. The number of hydrogen-bond donors (Lipinski definition) is 2. The van der Waals surface area contributed by atoms with Crippen LogP contribution in [0, 0.1) is 19.8 Å². The number of carbonyl (C=O) groups is 2. The normalized spacial score (nSPS) is 15.4. The first-order valence-electron chi connectivity index (χ1n) is 11.9. The number of carboxylic acids is 1. The molecule has 2 atom stereocenters. The molecule has 2 N–H and O–H groups in total. The van der Waals surface area contributed by atoms with E-state index in [1.54, 1.807) is 19.9 Å². The average Bonchev–Trinajstić information content (AvgIpc) is 3.38.